The summed E-state index contributed by atoms with van der Waals surface area (Å²) in [6.07, 6.45) is 2.49. The molecule has 3 rings (SSSR count). The average Bonchev–Trinajstić information content (AvgIpc) is 2.63. The van der Waals surface area contributed by atoms with Gasteiger partial charge in [0.1, 0.15) is 5.75 Å². The number of amides is 1. The molecule has 0 atom stereocenters. The maximum absolute atomic E-state index is 12.7. The van der Waals surface area contributed by atoms with E-state index in [1.807, 2.05) is 36.1 Å². The lowest BCUT2D eigenvalue weighted by Gasteiger charge is -2.29. The first-order valence-corrected chi connectivity index (χ1v) is 8.94. The van der Waals surface area contributed by atoms with E-state index >= 15 is 0 Å². The minimum absolute atomic E-state index is 0.143. The van der Waals surface area contributed by atoms with E-state index in [0.29, 0.717) is 23.7 Å². The molecule has 0 saturated carbocycles. The van der Waals surface area contributed by atoms with Gasteiger partial charge in [0.15, 0.2) is 0 Å². The minimum atomic E-state index is 0.143. The maximum Gasteiger partial charge on any atom is 0.228 e. The molecular formula is C20H23ClN2O2. The highest BCUT2D eigenvalue weighted by atomic mass is 35.5. The van der Waals surface area contributed by atoms with Crippen LogP contribution in [-0.4, -0.2) is 26.1 Å². The van der Waals surface area contributed by atoms with Gasteiger partial charge in [0, 0.05) is 36.3 Å². The van der Waals surface area contributed by atoms with Gasteiger partial charge < -0.3 is 15.0 Å². The molecule has 0 radical (unpaired) electrons. The average molecular weight is 359 g/mol. The topological polar surface area (TPSA) is 41.6 Å². The van der Waals surface area contributed by atoms with Crippen LogP contribution < -0.4 is 15.0 Å². The number of hydrogen-bond acceptors (Lipinski definition) is 3. The van der Waals surface area contributed by atoms with Crippen molar-refractivity contribution in [3.63, 3.8) is 0 Å². The molecule has 1 aliphatic heterocycles. The molecule has 5 heteroatoms. The minimum Gasteiger partial charge on any atom is -0.495 e. The first kappa shape index (κ1) is 17.6. The second-order valence-corrected chi connectivity index (χ2v) is 6.66. The molecule has 1 N–H and O–H groups in total. The highest BCUT2D eigenvalue weighted by Crippen LogP contribution is 2.31. The molecular weight excluding hydrogens is 336 g/mol. The van der Waals surface area contributed by atoms with E-state index in [1.165, 1.54) is 5.56 Å². The summed E-state index contributed by atoms with van der Waals surface area (Å²) in [5.41, 5.74) is 4.14. The number of carbonyl (C=O) groups excluding carboxylic acids is 1. The van der Waals surface area contributed by atoms with Crippen molar-refractivity contribution >= 4 is 28.9 Å². The molecule has 25 heavy (non-hydrogen) atoms. The Kier molecular flexibility index (Phi) is 5.49. The quantitative estimate of drug-likeness (QED) is 0.859. The van der Waals surface area contributed by atoms with Gasteiger partial charge in [-0.1, -0.05) is 29.8 Å². The third kappa shape index (κ3) is 3.90. The van der Waals surface area contributed by atoms with Crippen molar-refractivity contribution in [1.82, 2.24) is 0 Å². The van der Waals surface area contributed by atoms with Gasteiger partial charge in [-0.25, -0.2) is 0 Å². The highest BCUT2D eigenvalue weighted by molar-refractivity contribution is 6.31. The lowest BCUT2D eigenvalue weighted by Crippen LogP contribution is -2.36. The van der Waals surface area contributed by atoms with Crippen LogP contribution in [0.3, 0.4) is 0 Å². The summed E-state index contributed by atoms with van der Waals surface area (Å²) in [5, 5.41) is 3.96. The SMILES string of the molecule is COc1cc(Cl)c(C)cc1NCCC(=O)N1CCCc2ccccc21. The number of benzene rings is 2. The molecule has 0 saturated heterocycles. The van der Waals surface area contributed by atoms with Gasteiger partial charge in [-0.05, 0) is 43.0 Å². The monoisotopic (exact) mass is 358 g/mol. The van der Waals surface area contributed by atoms with Crippen molar-refractivity contribution in [3.05, 3.63) is 52.5 Å². The smallest absolute Gasteiger partial charge is 0.228 e. The van der Waals surface area contributed by atoms with E-state index in [4.69, 9.17) is 16.3 Å². The number of methoxy groups -OCH3 is 1. The molecule has 2 aromatic carbocycles. The molecule has 4 nitrogen and oxygen atoms in total. The maximum atomic E-state index is 12.7. The molecule has 2 aromatic rings. The molecule has 1 amide bonds. The van der Waals surface area contributed by atoms with Crippen molar-refractivity contribution in [1.29, 1.82) is 0 Å². The van der Waals surface area contributed by atoms with Crippen LogP contribution in [0.5, 0.6) is 5.75 Å². The van der Waals surface area contributed by atoms with Gasteiger partial charge in [0.05, 0.1) is 12.8 Å². The van der Waals surface area contributed by atoms with Crippen molar-refractivity contribution in [2.24, 2.45) is 0 Å². The van der Waals surface area contributed by atoms with Crippen LogP contribution in [0.15, 0.2) is 36.4 Å². The zero-order valence-electron chi connectivity index (χ0n) is 14.6. The molecule has 0 aromatic heterocycles. The van der Waals surface area contributed by atoms with Crippen LogP contribution in [0.1, 0.15) is 24.0 Å². The lowest BCUT2D eigenvalue weighted by atomic mass is 10.0. The number of para-hydroxylation sites is 1. The summed E-state index contributed by atoms with van der Waals surface area (Å²) < 4.78 is 5.36. The van der Waals surface area contributed by atoms with Gasteiger partial charge in [0.2, 0.25) is 5.91 Å². The van der Waals surface area contributed by atoms with Crippen LogP contribution in [-0.2, 0) is 11.2 Å². The summed E-state index contributed by atoms with van der Waals surface area (Å²) in [7, 11) is 1.61. The Morgan fingerprint density at radius 1 is 1.32 bits per heavy atom. The molecule has 1 aliphatic rings. The van der Waals surface area contributed by atoms with Crippen LogP contribution in [0, 0.1) is 6.92 Å². The molecule has 0 unspecified atom stereocenters. The Morgan fingerprint density at radius 2 is 2.12 bits per heavy atom. The van der Waals surface area contributed by atoms with Gasteiger partial charge in [-0.2, -0.15) is 0 Å². The second kappa shape index (κ2) is 7.79. The Balaban J connectivity index is 1.64. The summed E-state index contributed by atoms with van der Waals surface area (Å²) >= 11 is 6.13. The fourth-order valence-electron chi connectivity index (χ4n) is 3.20. The third-order valence-corrected chi connectivity index (χ3v) is 4.95. The number of rotatable bonds is 5. The molecule has 0 bridgehead atoms. The molecule has 0 aliphatic carbocycles. The van der Waals surface area contributed by atoms with E-state index in [2.05, 4.69) is 11.4 Å². The number of nitrogens with zero attached hydrogens (tertiary/aromatic N) is 1. The Labute approximate surface area is 153 Å². The number of carbonyl (C=O) groups is 1. The van der Waals surface area contributed by atoms with E-state index in [9.17, 15) is 4.79 Å². The summed E-state index contributed by atoms with van der Waals surface area (Å²) in [6, 6.07) is 11.9. The van der Waals surface area contributed by atoms with Crippen LogP contribution in [0.25, 0.3) is 0 Å². The number of ether oxygens (including phenoxy) is 1. The van der Waals surface area contributed by atoms with Gasteiger partial charge >= 0.3 is 0 Å². The number of anilines is 2. The van der Waals surface area contributed by atoms with Gasteiger partial charge in [0.25, 0.3) is 0 Å². The van der Waals surface area contributed by atoms with Crippen LogP contribution >= 0.6 is 11.6 Å². The number of halogens is 1. The molecule has 1 heterocycles. The van der Waals surface area contributed by atoms with Crippen molar-refractivity contribution in [2.45, 2.75) is 26.2 Å². The predicted octanol–water partition coefficient (Wildman–Crippen LogP) is 4.44. The molecule has 132 valence electrons. The fourth-order valence-corrected chi connectivity index (χ4v) is 3.36. The van der Waals surface area contributed by atoms with E-state index in [0.717, 1.165) is 36.3 Å². The van der Waals surface area contributed by atoms with E-state index in [1.54, 1.807) is 13.2 Å². The van der Waals surface area contributed by atoms with Crippen molar-refractivity contribution in [3.8, 4) is 5.75 Å². The van der Waals surface area contributed by atoms with Crippen LogP contribution in [0.2, 0.25) is 5.02 Å². The molecule has 0 fully saturated rings. The standard InChI is InChI=1S/C20H23ClN2O2/c1-14-12-17(19(25-2)13-16(14)21)22-10-9-20(24)23-11-5-7-15-6-3-4-8-18(15)23/h3-4,6,8,12-13,22H,5,7,9-11H2,1-2H3. The third-order valence-electron chi connectivity index (χ3n) is 4.55. The second-order valence-electron chi connectivity index (χ2n) is 6.26. The van der Waals surface area contributed by atoms with Crippen molar-refractivity contribution in [2.75, 3.05) is 30.4 Å². The Hall–Kier alpha value is -2.20. The number of fused-ring (bicyclic) bond motifs is 1. The number of hydrogen-bond donors (Lipinski definition) is 1. The zero-order chi connectivity index (χ0) is 17.8. The fraction of sp³-hybridized carbons (Fsp3) is 0.350. The predicted molar refractivity (Wildman–Crippen MR) is 103 cm³/mol. The number of nitrogens with one attached hydrogen (secondary N) is 1. The zero-order valence-corrected chi connectivity index (χ0v) is 15.4. The highest BCUT2D eigenvalue weighted by Gasteiger charge is 2.21. The summed E-state index contributed by atoms with van der Waals surface area (Å²) in [6.45, 7) is 3.29. The normalized spacial score (nSPS) is 13.3. The van der Waals surface area contributed by atoms with Crippen molar-refractivity contribution < 1.29 is 9.53 Å². The lowest BCUT2D eigenvalue weighted by molar-refractivity contribution is -0.118. The van der Waals surface area contributed by atoms with Gasteiger partial charge in [-0.3, -0.25) is 4.79 Å². The molecule has 0 spiro atoms. The van der Waals surface area contributed by atoms with Crippen LogP contribution in [0.4, 0.5) is 11.4 Å². The Morgan fingerprint density at radius 3 is 2.92 bits per heavy atom. The largest absolute Gasteiger partial charge is 0.495 e. The van der Waals surface area contributed by atoms with E-state index in [-0.39, 0.29) is 5.91 Å². The van der Waals surface area contributed by atoms with E-state index < -0.39 is 0 Å². The Bertz CT molecular complexity index is 776. The summed E-state index contributed by atoms with van der Waals surface area (Å²) in [4.78, 5) is 14.6. The number of aryl methyl sites for hydroxylation is 2. The first-order chi connectivity index (χ1) is 12.1. The summed E-state index contributed by atoms with van der Waals surface area (Å²) in [5.74, 6) is 0.829. The first-order valence-electron chi connectivity index (χ1n) is 8.56. The van der Waals surface area contributed by atoms with Gasteiger partial charge in [-0.15, -0.1) is 0 Å².